The van der Waals surface area contributed by atoms with E-state index in [0.29, 0.717) is 13.2 Å². The van der Waals surface area contributed by atoms with E-state index in [1.54, 1.807) is 0 Å². The number of carbonyl (C=O) groups excluding carboxylic acids is 1. The molecule has 0 saturated carbocycles. The molecule has 0 spiro atoms. The van der Waals surface area contributed by atoms with E-state index in [2.05, 4.69) is 5.32 Å². The van der Waals surface area contributed by atoms with Crippen molar-refractivity contribution in [2.75, 3.05) is 40.0 Å². The first-order chi connectivity index (χ1) is 8.76. The van der Waals surface area contributed by atoms with Crippen LogP contribution in [0.25, 0.3) is 0 Å². The number of nitrogens with zero attached hydrogens (tertiary/aromatic N) is 1. The second kappa shape index (κ2) is 6.50. The summed E-state index contributed by atoms with van der Waals surface area (Å²) in [5.41, 5.74) is 0. The first kappa shape index (κ1) is 13.8. The van der Waals surface area contributed by atoms with Crippen LogP contribution in [-0.4, -0.2) is 62.9 Å². The minimum Gasteiger partial charge on any atom is -0.379 e. The molecule has 1 N–H and O–H groups in total. The monoisotopic (exact) mass is 256 g/mol. The molecule has 18 heavy (non-hydrogen) atoms. The zero-order valence-electron chi connectivity index (χ0n) is 11.4. The summed E-state index contributed by atoms with van der Waals surface area (Å²) in [7, 11) is 1.88. The Labute approximate surface area is 109 Å². The molecule has 2 aliphatic heterocycles. The maximum atomic E-state index is 12.5. The maximum Gasteiger partial charge on any atom is 0.229 e. The van der Waals surface area contributed by atoms with Gasteiger partial charge in [-0.3, -0.25) is 4.79 Å². The van der Waals surface area contributed by atoms with Gasteiger partial charge >= 0.3 is 0 Å². The largest absolute Gasteiger partial charge is 0.379 e. The molecular formula is C13H24N2O3. The predicted molar refractivity (Wildman–Crippen MR) is 68.4 cm³/mol. The lowest BCUT2D eigenvalue weighted by Gasteiger charge is -2.28. The summed E-state index contributed by atoms with van der Waals surface area (Å²) in [6, 6.07) is 0.149. The molecule has 104 valence electrons. The highest BCUT2D eigenvalue weighted by Crippen LogP contribution is 2.19. The standard InChI is InChI=1S/C13H24N2O3/c1-3-15(7-10-5-4-6-18-10)13(16)11-8-17-9-12(11)14-2/h10-12,14H,3-9H2,1-2H3. The molecule has 5 nitrogen and oxygen atoms in total. The average Bonchev–Trinajstić information content (AvgIpc) is 3.05. The molecule has 0 aromatic rings. The van der Waals surface area contributed by atoms with Crippen LogP contribution in [0.5, 0.6) is 0 Å². The third-order valence-corrected chi connectivity index (χ3v) is 3.91. The Morgan fingerprint density at radius 3 is 2.89 bits per heavy atom. The van der Waals surface area contributed by atoms with Crippen molar-refractivity contribution in [3.05, 3.63) is 0 Å². The number of rotatable bonds is 5. The van der Waals surface area contributed by atoms with Gasteiger partial charge in [0.05, 0.1) is 25.2 Å². The summed E-state index contributed by atoms with van der Waals surface area (Å²) in [5, 5.41) is 3.16. The highest BCUT2D eigenvalue weighted by molar-refractivity contribution is 5.80. The zero-order chi connectivity index (χ0) is 13.0. The summed E-state index contributed by atoms with van der Waals surface area (Å²) in [6.45, 7) is 5.49. The molecule has 0 aromatic carbocycles. The van der Waals surface area contributed by atoms with E-state index in [-0.39, 0.29) is 24.0 Å². The van der Waals surface area contributed by atoms with Crippen LogP contribution in [0, 0.1) is 5.92 Å². The minimum atomic E-state index is -0.0450. The highest BCUT2D eigenvalue weighted by Gasteiger charge is 2.36. The van der Waals surface area contributed by atoms with Crippen LogP contribution in [0.1, 0.15) is 19.8 Å². The Balaban J connectivity index is 1.91. The molecule has 2 aliphatic rings. The van der Waals surface area contributed by atoms with Gasteiger partial charge in [0.1, 0.15) is 0 Å². The number of likely N-dealkylation sites (N-methyl/N-ethyl adjacent to an activating group) is 2. The number of hydrogen-bond donors (Lipinski definition) is 1. The van der Waals surface area contributed by atoms with Gasteiger partial charge in [0.25, 0.3) is 0 Å². The highest BCUT2D eigenvalue weighted by atomic mass is 16.5. The Bertz CT molecular complexity index is 279. The predicted octanol–water partition coefficient (Wildman–Crippen LogP) is 0.248. The molecule has 5 heteroatoms. The lowest BCUT2D eigenvalue weighted by Crippen LogP contribution is -2.46. The van der Waals surface area contributed by atoms with Crippen molar-refractivity contribution in [3.63, 3.8) is 0 Å². The van der Waals surface area contributed by atoms with Crippen LogP contribution in [0.3, 0.4) is 0 Å². The topological polar surface area (TPSA) is 50.8 Å². The molecular weight excluding hydrogens is 232 g/mol. The van der Waals surface area contributed by atoms with Gasteiger partial charge < -0.3 is 19.7 Å². The molecule has 0 aromatic heterocycles. The molecule has 2 rings (SSSR count). The molecule has 3 atom stereocenters. The van der Waals surface area contributed by atoms with Crippen LogP contribution in [-0.2, 0) is 14.3 Å². The Kier molecular flexibility index (Phi) is 4.97. The molecule has 2 saturated heterocycles. The van der Waals surface area contributed by atoms with Crippen molar-refractivity contribution in [1.29, 1.82) is 0 Å². The molecule has 0 radical (unpaired) electrons. The molecule has 2 fully saturated rings. The maximum absolute atomic E-state index is 12.5. The normalized spacial score (nSPS) is 31.8. The number of carbonyl (C=O) groups is 1. The summed E-state index contributed by atoms with van der Waals surface area (Å²) in [4.78, 5) is 14.4. The summed E-state index contributed by atoms with van der Waals surface area (Å²) in [6.07, 6.45) is 2.41. The third-order valence-electron chi connectivity index (χ3n) is 3.91. The van der Waals surface area contributed by atoms with Gasteiger partial charge in [0, 0.05) is 25.7 Å². The lowest BCUT2D eigenvalue weighted by atomic mass is 10.0. The molecule has 3 unspecified atom stereocenters. The Morgan fingerprint density at radius 2 is 2.28 bits per heavy atom. The van der Waals surface area contributed by atoms with E-state index in [0.717, 1.165) is 32.5 Å². The number of nitrogens with one attached hydrogen (secondary N) is 1. The fraction of sp³-hybridized carbons (Fsp3) is 0.923. The van der Waals surface area contributed by atoms with Crippen LogP contribution < -0.4 is 5.32 Å². The van der Waals surface area contributed by atoms with Crippen LogP contribution >= 0.6 is 0 Å². The second-order valence-corrected chi connectivity index (χ2v) is 5.05. The molecule has 0 bridgehead atoms. The van der Waals surface area contributed by atoms with E-state index >= 15 is 0 Å². The first-order valence-electron chi connectivity index (χ1n) is 6.91. The number of ether oxygens (including phenoxy) is 2. The molecule has 1 amide bonds. The van der Waals surface area contributed by atoms with Crippen molar-refractivity contribution in [2.45, 2.75) is 31.9 Å². The second-order valence-electron chi connectivity index (χ2n) is 5.05. The first-order valence-corrected chi connectivity index (χ1v) is 6.91. The van der Waals surface area contributed by atoms with E-state index in [4.69, 9.17) is 9.47 Å². The van der Waals surface area contributed by atoms with Crippen LogP contribution in [0.4, 0.5) is 0 Å². The van der Waals surface area contributed by atoms with E-state index in [1.165, 1.54) is 0 Å². The van der Waals surface area contributed by atoms with E-state index in [1.807, 2.05) is 18.9 Å². The molecule has 2 heterocycles. The zero-order valence-corrected chi connectivity index (χ0v) is 11.4. The van der Waals surface area contributed by atoms with Gasteiger partial charge in [-0.2, -0.15) is 0 Å². The smallest absolute Gasteiger partial charge is 0.229 e. The lowest BCUT2D eigenvalue weighted by molar-refractivity contribution is -0.137. The van der Waals surface area contributed by atoms with Crippen molar-refractivity contribution in [1.82, 2.24) is 10.2 Å². The summed E-state index contributed by atoms with van der Waals surface area (Å²) in [5.74, 6) is 0.154. The fourth-order valence-corrected chi connectivity index (χ4v) is 2.73. The third kappa shape index (κ3) is 3.02. The van der Waals surface area contributed by atoms with Crippen molar-refractivity contribution >= 4 is 5.91 Å². The molecule has 0 aliphatic carbocycles. The van der Waals surface area contributed by atoms with Gasteiger partial charge in [0.2, 0.25) is 5.91 Å². The van der Waals surface area contributed by atoms with E-state index < -0.39 is 0 Å². The SMILES string of the molecule is CCN(CC1CCCO1)C(=O)C1COCC1NC. The van der Waals surface area contributed by atoms with Gasteiger partial charge in [-0.15, -0.1) is 0 Å². The summed E-state index contributed by atoms with van der Waals surface area (Å²) >= 11 is 0. The van der Waals surface area contributed by atoms with Crippen molar-refractivity contribution < 1.29 is 14.3 Å². The van der Waals surface area contributed by atoms with Gasteiger partial charge in [-0.1, -0.05) is 0 Å². The minimum absolute atomic E-state index is 0.0450. The average molecular weight is 256 g/mol. The Morgan fingerprint density at radius 1 is 1.44 bits per heavy atom. The van der Waals surface area contributed by atoms with Gasteiger partial charge in [0.15, 0.2) is 0 Å². The number of amides is 1. The fourth-order valence-electron chi connectivity index (χ4n) is 2.73. The van der Waals surface area contributed by atoms with Crippen molar-refractivity contribution in [3.8, 4) is 0 Å². The van der Waals surface area contributed by atoms with Gasteiger partial charge in [-0.05, 0) is 26.8 Å². The van der Waals surface area contributed by atoms with E-state index in [9.17, 15) is 4.79 Å². The van der Waals surface area contributed by atoms with Crippen LogP contribution in [0.15, 0.2) is 0 Å². The Hall–Kier alpha value is -0.650. The number of hydrogen-bond acceptors (Lipinski definition) is 4. The van der Waals surface area contributed by atoms with Crippen molar-refractivity contribution in [2.24, 2.45) is 5.92 Å². The van der Waals surface area contributed by atoms with Crippen LogP contribution in [0.2, 0.25) is 0 Å². The summed E-state index contributed by atoms with van der Waals surface area (Å²) < 4.78 is 11.0. The van der Waals surface area contributed by atoms with Gasteiger partial charge in [-0.25, -0.2) is 0 Å². The quantitative estimate of drug-likeness (QED) is 0.766.